The van der Waals surface area contributed by atoms with Gasteiger partial charge in [-0.2, -0.15) is 8.42 Å². The second-order valence-electron chi connectivity index (χ2n) is 10.1. The number of aryl methyl sites for hydroxylation is 1. The van der Waals surface area contributed by atoms with Gasteiger partial charge in [0.25, 0.3) is 10.1 Å². The molecule has 0 atom stereocenters. The molecule has 0 saturated heterocycles. The third-order valence-electron chi connectivity index (χ3n) is 6.43. The van der Waals surface area contributed by atoms with Crippen LogP contribution in [0.5, 0.6) is 5.75 Å². The van der Waals surface area contributed by atoms with Gasteiger partial charge in [-0.15, -0.1) is 0 Å². The smallest absolute Gasteiger partial charge is 0.317 e. The molecule has 0 bridgehead atoms. The number of phenols is 1. The first-order valence-electron chi connectivity index (χ1n) is 12.5. The molecule has 11 nitrogen and oxygen atoms in total. The second-order valence-corrected chi connectivity index (χ2v) is 11.5. The summed E-state index contributed by atoms with van der Waals surface area (Å²) in [7, 11) is -1.57. The number of carboxylic acid groups (broad SMARTS) is 2. The first kappa shape index (κ1) is 35.1. The number of carbonyl (C=O) groups is 3. The van der Waals surface area contributed by atoms with Gasteiger partial charge < -0.3 is 15.3 Å². The van der Waals surface area contributed by atoms with Gasteiger partial charge in [0.1, 0.15) is 10.6 Å². The third-order valence-corrected chi connectivity index (χ3v) is 7.35. The van der Waals surface area contributed by atoms with Crippen LogP contribution >= 0.6 is 0 Å². The van der Waals surface area contributed by atoms with E-state index in [4.69, 9.17) is 10.2 Å². The van der Waals surface area contributed by atoms with Gasteiger partial charge in [-0.3, -0.25) is 28.7 Å². The van der Waals surface area contributed by atoms with Crippen molar-refractivity contribution in [3.05, 3.63) is 87.5 Å². The van der Waals surface area contributed by atoms with E-state index in [1.54, 1.807) is 58.3 Å². The number of hydrogen-bond acceptors (Lipinski definition) is 8. The van der Waals surface area contributed by atoms with Crippen molar-refractivity contribution in [2.45, 2.75) is 25.3 Å². The Balaban J connectivity index is 0.00000616. The van der Waals surface area contributed by atoms with Gasteiger partial charge in [0.05, 0.1) is 13.1 Å². The van der Waals surface area contributed by atoms with Crippen molar-refractivity contribution >= 4 is 63.0 Å². The number of Topliss-reactive ketones (excluding diaryl/α,β-unsaturated/α-hetero) is 1. The van der Waals surface area contributed by atoms with Crippen molar-refractivity contribution in [1.29, 1.82) is 0 Å². The molecule has 0 spiro atoms. The van der Waals surface area contributed by atoms with Crippen molar-refractivity contribution < 1.29 is 42.7 Å². The molecule has 4 N–H and O–H groups in total. The zero-order valence-corrected chi connectivity index (χ0v) is 26.9. The van der Waals surface area contributed by atoms with Crippen LogP contribution in [0, 0.1) is 6.92 Å². The average Bonchev–Trinajstić information content (AvgIpc) is 2.84. The topological polar surface area (TPSA) is 173 Å². The maximum absolute atomic E-state index is 13.0. The Hall–Kier alpha value is -3.10. The molecule has 0 fully saturated rings. The summed E-state index contributed by atoms with van der Waals surface area (Å²) in [5, 5.41) is 29.1. The number of likely N-dealkylation sites (N-methyl/N-ethyl adjacent to an activating group) is 2. The Morgan fingerprint density at radius 2 is 1.48 bits per heavy atom. The van der Waals surface area contributed by atoms with Crippen molar-refractivity contribution in [2.75, 3.05) is 33.7 Å². The number of phenolic OH excluding ortho intramolecular Hbond substituents is 1. The molecule has 1 radical (unpaired) electrons. The minimum atomic E-state index is -4.70. The van der Waals surface area contributed by atoms with Crippen molar-refractivity contribution in [1.82, 2.24) is 9.80 Å². The van der Waals surface area contributed by atoms with E-state index in [1.807, 2.05) is 0 Å². The summed E-state index contributed by atoms with van der Waals surface area (Å²) < 4.78 is 34.9. The van der Waals surface area contributed by atoms with E-state index in [9.17, 15) is 32.5 Å². The van der Waals surface area contributed by atoms with Crippen LogP contribution in [-0.4, -0.2) is 119 Å². The number of benzene rings is 2. The summed E-state index contributed by atoms with van der Waals surface area (Å²) in [5.74, 6) is -2.48. The zero-order chi connectivity index (χ0) is 30.6. The van der Waals surface area contributed by atoms with Crippen LogP contribution in [0.4, 0.5) is 0 Å². The molecule has 0 amide bonds. The van der Waals surface area contributed by atoms with E-state index < -0.39 is 22.1 Å². The molecule has 0 aromatic heterocycles. The maximum Gasteiger partial charge on any atom is 0.317 e. The number of hydrogen-bond donors (Lipinski definition) is 4. The first-order chi connectivity index (χ1) is 19.1. The molecule has 13 heteroatoms. The summed E-state index contributed by atoms with van der Waals surface area (Å²) in [6.07, 6.45) is 3.14. The standard InChI is InChI=1S/C29H32N2O9S.Na/c1-17-9-19(11-21(28(17)36)13-30(3)15-25(32)33)27(23-7-5-6-8-24(23)41(38,39)40)20-10-18(2)29(37)22(12-20)14-31(4)16-26(34)35;/h5-12,36H,13-16H2,1-4H3,(H,32,33)(H,34,35)(H,38,39,40);/b27-20-;. The molecule has 42 heavy (non-hydrogen) atoms. The summed E-state index contributed by atoms with van der Waals surface area (Å²) in [5.41, 5.74) is 2.75. The van der Waals surface area contributed by atoms with Gasteiger partial charge in [-0.1, -0.05) is 18.2 Å². The second kappa shape index (κ2) is 14.4. The number of aromatic hydroxyl groups is 1. The number of carboxylic acids is 2. The van der Waals surface area contributed by atoms with Crippen LogP contribution < -0.4 is 0 Å². The van der Waals surface area contributed by atoms with Crippen LogP contribution in [0.1, 0.15) is 29.2 Å². The molecular weight excluding hydrogens is 575 g/mol. The van der Waals surface area contributed by atoms with Crippen LogP contribution in [0.2, 0.25) is 0 Å². The molecule has 3 rings (SSSR count). The number of aliphatic carboxylic acids is 2. The predicted octanol–water partition coefficient (Wildman–Crippen LogP) is 2.36. The fraction of sp³-hybridized carbons (Fsp3) is 0.276. The van der Waals surface area contributed by atoms with Crippen molar-refractivity contribution in [3.8, 4) is 5.75 Å². The Bertz CT molecular complexity index is 1610. The number of nitrogens with zero attached hydrogens (tertiary/aromatic N) is 2. The number of ketones is 1. The van der Waals surface area contributed by atoms with Gasteiger partial charge in [-0.25, -0.2) is 0 Å². The normalized spacial score (nSPS) is 14.8. The van der Waals surface area contributed by atoms with Gasteiger partial charge >= 0.3 is 11.9 Å². The maximum atomic E-state index is 13.0. The van der Waals surface area contributed by atoms with E-state index in [0.717, 1.165) is 0 Å². The molecule has 0 saturated carbocycles. The van der Waals surface area contributed by atoms with Crippen LogP contribution in [0.15, 0.2) is 70.2 Å². The van der Waals surface area contributed by atoms with E-state index in [0.29, 0.717) is 33.4 Å². The van der Waals surface area contributed by atoms with E-state index in [1.165, 1.54) is 28.0 Å². The Morgan fingerprint density at radius 1 is 0.905 bits per heavy atom. The monoisotopic (exact) mass is 607 g/mol. The molecule has 219 valence electrons. The fourth-order valence-corrected chi connectivity index (χ4v) is 5.46. The molecule has 0 unspecified atom stereocenters. The number of carbonyl (C=O) groups excluding carboxylic acids is 1. The minimum absolute atomic E-state index is 0. The van der Waals surface area contributed by atoms with Gasteiger partial charge in [-0.05, 0) is 86.1 Å². The van der Waals surface area contributed by atoms with Gasteiger partial charge in [0.15, 0.2) is 5.78 Å². The molecule has 2 aromatic carbocycles. The Kier molecular flexibility index (Phi) is 12.0. The van der Waals surface area contributed by atoms with Crippen molar-refractivity contribution in [3.63, 3.8) is 0 Å². The Morgan fingerprint density at radius 3 is 2.05 bits per heavy atom. The Labute approximate surface area is 266 Å². The van der Waals surface area contributed by atoms with Crippen molar-refractivity contribution in [2.24, 2.45) is 0 Å². The van der Waals surface area contributed by atoms with E-state index >= 15 is 0 Å². The zero-order valence-electron chi connectivity index (χ0n) is 24.1. The largest absolute Gasteiger partial charge is 0.507 e. The average molecular weight is 608 g/mol. The van der Waals surface area contributed by atoms with Gasteiger partial charge in [0, 0.05) is 59.3 Å². The minimum Gasteiger partial charge on any atom is -0.507 e. The molecule has 1 aliphatic carbocycles. The van der Waals surface area contributed by atoms with E-state index in [-0.39, 0.29) is 83.3 Å². The first-order valence-corrected chi connectivity index (χ1v) is 13.9. The molecular formula is C29H32N2NaO9S. The fourth-order valence-electron chi connectivity index (χ4n) is 4.76. The predicted molar refractivity (Wildman–Crippen MR) is 157 cm³/mol. The van der Waals surface area contributed by atoms with Crippen LogP contribution in [-0.2, 0) is 31.0 Å². The van der Waals surface area contributed by atoms with Crippen LogP contribution in [0.25, 0.3) is 5.57 Å². The molecule has 0 heterocycles. The van der Waals surface area contributed by atoms with Gasteiger partial charge in [0.2, 0.25) is 0 Å². The number of allylic oxidation sites excluding steroid dienone is 4. The molecule has 1 aliphatic rings. The van der Waals surface area contributed by atoms with Crippen LogP contribution in [0.3, 0.4) is 0 Å². The summed E-state index contributed by atoms with van der Waals surface area (Å²) >= 11 is 0. The van der Waals surface area contributed by atoms with E-state index in [2.05, 4.69) is 0 Å². The quantitative estimate of drug-likeness (QED) is 0.218. The summed E-state index contributed by atoms with van der Waals surface area (Å²) in [4.78, 5) is 38.0. The molecule has 0 aliphatic heterocycles. The summed E-state index contributed by atoms with van der Waals surface area (Å²) in [6, 6.07) is 9.03. The molecule has 2 aromatic rings. The SMILES string of the molecule is CC1=C/C(=C(\c2cc(C)c(O)c(CN(C)CC(=O)O)c2)c2ccccc2S(=O)(=O)O)C=C(CN(C)CC(=O)O)C1=O.[Na]. The third kappa shape index (κ3) is 8.71. The number of rotatable bonds is 11. The summed E-state index contributed by atoms with van der Waals surface area (Å²) in [6.45, 7) is 2.70.